The quantitative estimate of drug-likeness (QED) is 0.877. The minimum absolute atomic E-state index is 0. The van der Waals surface area contributed by atoms with Crippen LogP contribution in [0.3, 0.4) is 0 Å². The van der Waals surface area contributed by atoms with Crippen LogP contribution in [0.1, 0.15) is 25.7 Å². The van der Waals surface area contributed by atoms with Crippen molar-refractivity contribution in [3.05, 3.63) is 30.7 Å². The van der Waals surface area contributed by atoms with Crippen LogP contribution in [-0.4, -0.2) is 29.1 Å². The number of hydrogen-bond donors (Lipinski definition) is 2. The number of carbonyl (C=O) groups is 1. The van der Waals surface area contributed by atoms with Crippen molar-refractivity contribution in [1.82, 2.24) is 15.5 Å². The van der Waals surface area contributed by atoms with Gasteiger partial charge in [0.05, 0.1) is 0 Å². The molecule has 2 aromatic rings. The molecule has 3 rings (SSSR count). The number of rotatable bonds is 5. The smallest absolute Gasteiger partial charge is 0.224 e. The summed E-state index contributed by atoms with van der Waals surface area (Å²) < 4.78 is 4.72. The van der Waals surface area contributed by atoms with E-state index in [4.69, 9.17) is 4.52 Å². The van der Waals surface area contributed by atoms with E-state index in [0.29, 0.717) is 18.2 Å². The molecule has 1 aliphatic heterocycles. The number of anilines is 1. The summed E-state index contributed by atoms with van der Waals surface area (Å²) in [6.07, 6.45) is 5.19. The fourth-order valence-corrected chi connectivity index (χ4v) is 2.73. The topological polar surface area (TPSA) is 80.0 Å². The molecule has 0 saturated carbocycles. The van der Waals surface area contributed by atoms with Gasteiger partial charge in [0.25, 0.3) is 0 Å². The minimum Gasteiger partial charge on any atom is -0.342 e. The Bertz CT molecular complexity index is 595. The van der Waals surface area contributed by atoms with Crippen LogP contribution in [0.5, 0.6) is 0 Å². The summed E-state index contributed by atoms with van der Waals surface area (Å²) >= 11 is 0. The molecule has 1 saturated heterocycles. The maximum absolute atomic E-state index is 12.0. The molecule has 7 heteroatoms. The summed E-state index contributed by atoms with van der Waals surface area (Å²) in [5, 5.41) is 10.1. The molecule has 0 spiro atoms. The van der Waals surface area contributed by atoms with E-state index in [1.807, 2.05) is 24.3 Å². The zero-order chi connectivity index (χ0) is 15.2. The summed E-state index contributed by atoms with van der Waals surface area (Å²) in [5.74, 6) is 1.29. The normalized spacial score (nSPS) is 15.0. The Balaban J connectivity index is 0.00000192. The maximum Gasteiger partial charge on any atom is 0.224 e. The highest BCUT2D eigenvalue weighted by Gasteiger charge is 2.14. The Morgan fingerprint density at radius 2 is 2.00 bits per heavy atom. The van der Waals surface area contributed by atoms with Gasteiger partial charge in [0.15, 0.2) is 0 Å². The fraction of sp³-hybridized carbons (Fsp3) is 0.438. The average Bonchev–Trinajstić information content (AvgIpc) is 3.09. The molecule has 2 N–H and O–H groups in total. The molecule has 1 aromatic carbocycles. The van der Waals surface area contributed by atoms with Crippen molar-refractivity contribution < 1.29 is 9.32 Å². The molecule has 0 atom stereocenters. The lowest BCUT2D eigenvalue weighted by molar-refractivity contribution is -0.116. The van der Waals surface area contributed by atoms with Crippen LogP contribution in [-0.2, 0) is 4.79 Å². The molecular formula is C16H21ClN4O2. The van der Waals surface area contributed by atoms with Gasteiger partial charge in [0, 0.05) is 17.7 Å². The Hall–Kier alpha value is -1.92. The number of nitrogens with zero attached hydrogens (tertiary/aromatic N) is 2. The third-order valence-corrected chi connectivity index (χ3v) is 4.03. The van der Waals surface area contributed by atoms with Crippen molar-refractivity contribution in [2.75, 3.05) is 18.4 Å². The van der Waals surface area contributed by atoms with Gasteiger partial charge in [-0.3, -0.25) is 4.79 Å². The second-order valence-electron chi connectivity index (χ2n) is 5.61. The third-order valence-electron chi connectivity index (χ3n) is 4.03. The highest BCUT2D eigenvalue weighted by Crippen LogP contribution is 2.20. The number of nitrogens with one attached hydrogen (secondary N) is 2. The number of piperidine rings is 1. The van der Waals surface area contributed by atoms with E-state index < -0.39 is 0 Å². The molecule has 1 aliphatic rings. The van der Waals surface area contributed by atoms with Gasteiger partial charge in [0.1, 0.15) is 0 Å². The Morgan fingerprint density at radius 3 is 2.65 bits per heavy atom. The van der Waals surface area contributed by atoms with Gasteiger partial charge in [-0.15, -0.1) is 12.4 Å². The molecule has 0 aliphatic carbocycles. The summed E-state index contributed by atoms with van der Waals surface area (Å²) in [6.45, 7) is 2.15. The minimum atomic E-state index is 0. The van der Waals surface area contributed by atoms with E-state index in [1.165, 1.54) is 19.2 Å². The lowest BCUT2D eigenvalue weighted by atomic mass is 9.93. The van der Waals surface area contributed by atoms with Gasteiger partial charge >= 0.3 is 0 Å². The van der Waals surface area contributed by atoms with Gasteiger partial charge < -0.3 is 15.2 Å². The summed E-state index contributed by atoms with van der Waals surface area (Å²) in [6, 6.07) is 7.45. The average molecular weight is 337 g/mol. The summed E-state index contributed by atoms with van der Waals surface area (Å²) in [4.78, 5) is 16.0. The zero-order valence-electron chi connectivity index (χ0n) is 12.8. The SMILES string of the molecule is Cl.O=C(CCC1CCNCC1)Nc1ccc(-c2ncon2)cc1. The van der Waals surface area contributed by atoms with Crippen LogP contribution in [0.2, 0.25) is 0 Å². The predicted molar refractivity (Wildman–Crippen MR) is 90.4 cm³/mol. The zero-order valence-corrected chi connectivity index (χ0v) is 13.6. The monoisotopic (exact) mass is 336 g/mol. The van der Waals surface area contributed by atoms with Crippen molar-refractivity contribution in [3.63, 3.8) is 0 Å². The van der Waals surface area contributed by atoms with Gasteiger partial charge in [-0.1, -0.05) is 5.16 Å². The Labute approximate surface area is 141 Å². The number of aromatic nitrogens is 2. The highest BCUT2D eigenvalue weighted by atomic mass is 35.5. The molecule has 0 unspecified atom stereocenters. The van der Waals surface area contributed by atoms with Crippen molar-refractivity contribution in [1.29, 1.82) is 0 Å². The second kappa shape index (κ2) is 8.64. The number of halogens is 1. The van der Waals surface area contributed by atoms with Crippen LogP contribution < -0.4 is 10.6 Å². The van der Waals surface area contributed by atoms with E-state index in [2.05, 4.69) is 20.8 Å². The molecule has 0 radical (unpaired) electrons. The van der Waals surface area contributed by atoms with Crippen molar-refractivity contribution in [3.8, 4) is 11.4 Å². The Kier molecular flexibility index (Phi) is 6.55. The highest BCUT2D eigenvalue weighted by molar-refractivity contribution is 5.90. The van der Waals surface area contributed by atoms with Crippen molar-refractivity contribution >= 4 is 24.0 Å². The van der Waals surface area contributed by atoms with Crippen LogP contribution in [0.15, 0.2) is 35.2 Å². The van der Waals surface area contributed by atoms with E-state index in [0.717, 1.165) is 30.8 Å². The van der Waals surface area contributed by atoms with Crippen LogP contribution in [0, 0.1) is 5.92 Å². The van der Waals surface area contributed by atoms with Gasteiger partial charge in [-0.05, 0) is 62.5 Å². The van der Waals surface area contributed by atoms with Crippen LogP contribution >= 0.6 is 12.4 Å². The molecule has 124 valence electrons. The molecule has 1 amide bonds. The lowest BCUT2D eigenvalue weighted by Crippen LogP contribution is -2.28. The van der Waals surface area contributed by atoms with E-state index in [9.17, 15) is 4.79 Å². The first-order valence-electron chi connectivity index (χ1n) is 7.68. The molecule has 2 heterocycles. The van der Waals surface area contributed by atoms with Crippen molar-refractivity contribution in [2.45, 2.75) is 25.7 Å². The first-order chi connectivity index (χ1) is 10.8. The molecule has 6 nitrogen and oxygen atoms in total. The summed E-state index contributed by atoms with van der Waals surface area (Å²) in [5.41, 5.74) is 1.66. The number of benzene rings is 1. The summed E-state index contributed by atoms with van der Waals surface area (Å²) in [7, 11) is 0. The van der Waals surface area contributed by atoms with E-state index >= 15 is 0 Å². The van der Waals surface area contributed by atoms with Crippen molar-refractivity contribution in [2.24, 2.45) is 5.92 Å². The number of amides is 1. The Morgan fingerprint density at radius 1 is 1.26 bits per heavy atom. The molecule has 1 fully saturated rings. The molecule has 1 aromatic heterocycles. The molecule has 23 heavy (non-hydrogen) atoms. The first-order valence-corrected chi connectivity index (χ1v) is 7.68. The number of carbonyl (C=O) groups excluding carboxylic acids is 1. The van der Waals surface area contributed by atoms with Gasteiger partial charge in [-0.2, -0.15) is 4.98 Å². The molecule has 0 bridgehead atoms. The lowest BCUT2D eigenvalue weighted by Gasteiger charge is -2.22. The van der Waals surface area contributed by atoms with Gasteiger partial charge in [-0.25, -0.2) is 0 Å². The first kappa shape index (κ1) is 17.4. The second-order valence-corrected chi connectivity index (χ2v) is 5.61. The third kappa shape index (κ3) is 5.04. The fourth-order valence-electron chi connectivity index (χ4n) is 2.73. The maximum atomic E-state index is 12.0. The van der Waals surface area contributed by atoms with Crippen LogP contribution in [0.4, 0.5) is 5.69 Å². The predicted octanol–water partition coefficient (Wildman–Crippen LogP) is 2.88. The van der Waals surface area contributed by atoms with Gasteiger partial charge in [0.2, 0.25) is 18.1 Å². The van der Waals surface area contributed by atoms with E-state index in [-0.39, 0.29) is 18.3 Å². The largest absolute Gasteiger partial charge is 0.342 e. The molecular weight excluding hydrogens is 316 g/mol. The van der Waals surface area contributed by atoms with E-state index in [1.54, 1.807) is 0 Å². The number of hydrogen-bond acceptors (Lipinski definition) is 5. The standard InChI is InChI=1S/C16H20N4O2.ClH/c21-15(6-1-12-7-9-17-10-8-12)19-14-4-2-13(3-5-14)16-18-11-22-20-16;/h2-5,11-12,17H,1,6-10H2,(H,19,21);1H. The van der Waals surface area contributed by atoms with Crippen LogP contribution in [0.25, 0.3) is 11.4 Å².